The van der Waals surface area contributed by atoms with Gasteiger partial charge in [-0.1, -0.05) is 12.1 Å². The first-order chi connectivity index (χ1) is 14.0. The quantitative estimate of drug-likeness (QED) is 0.516. The summed E-state index contributed by atoms with van der Waals surface area (Å²) in [7, 11) is 1.65. The summed E-state index contributed by atoms with van der Waals surface area (Å²) in [5.74, 6) is 0.410. The van der Waals surface area contributed by atoms with Crippen molar-refractivity contribution in [3.63, 3.8) is 0 Å². The number of hydrogen-bond acceptors (Lipinski definition) is 6. The van der Waals surface area contributed by atoms with E-state index >= 15 is 0 Å². The van der Waals surface area contributed by atoms with Gasteiger partial charge in [-0.05, 0) is 42.8 Å². The highest BCUT2D eigenvalue weighted by Gasteiger charge is 2.17. The van der Waals surface area contributed by atoms with E-state index in [1.165, 1.54) is 11.0 Å². The maximum Gasteiger partial charge on any atom is 0.374 e. The summed E-state index contributed by atoms with van der Waals surface area (Å²) < 4.78 is 17.6. The zero-order valence-corrected chi connectivity index (χ0v) is 16.4. The Labute approximate surface area is 168 Å². The highest BCUT2D eigenvalue weighted by atomic mass is 16.5. The number of amides is 1. The zero-order valence-electron chi connectivity index (χ0n) is 16.4. The summed E-state index contributed by atoms with van der Waals surface area (Å²) in [6.45, 7) is 2.97. The molecule has 8 heteroatoms. The van der Waals surface area contributed by atoms with E-state index in [0.717, 1.165) is 11.3 Å². The predicted molar refractivity (Wildman–Crippen MR) is 104 cm³/mol. The maximum absolute atomic E-state index is 12.3. The monoisotopic (exact) mass is 397 g/mol. The van der Waals surface area contributed by atoms with Crippen molar-refractivity contribution in [3.05, 3.63) is 71.9 Å². The van der Waals surface area contributed by atoms with Gasteiger partial charge in [0.05, 0.1) is 13.2 Å². The van der Waals surface area contributed by atoms with Gasteiger partial charge in [-0.3, -0.25) is 9.48 Å². The fourth-order valence-electron chi connectivity index (χ4n) is 2.65. The Hall–Kier alpha value is -3.55. The van der Waals surface area contributed by atoms with Crippen molar-refractivity contribution >= 4 is 11.9 Å². The molecule has 29 heavy (non-hydrogen) atoms. The molecule has 2 aromatic heterocycles. The third-order valence-corrected chi connectivity index (χ3v) is 4.15. The molecule has 0 aliphatic heterocycles. The first-order valence-corrected chi connectivity index (χ1v) is 9.24. The molecule has 152 valence electrons. The lowest BCUT2D eigenvalue weighted by Gasteiger charge is -2.17. The SMILES string of the molecule is CCOc1ccc(CN(C)C(=O)COC(=O)c2ccc(Cn3cccn3)o2)cc1. The second-order valence-corrected chi connectivity index (χ2v) is 6.37. The van der Waals surface area contributed by atoms with Crippen LogP contribution in [0.4, 0.5) is 0 Å². The highest BCUT2D eigenvalue weighted by Crippen LogP contribution is 2.14. The largest absolute Gasteiger partial charge is 0.494 e. The lowest BCUT2D eigenvalue weighted by atomic mass is 10.2. The molecule has 0 aliphatic rings. The number of ether oxygens (including phenoxy) is 2. The third-order valence-electron chi connectivity index (χ3n) is 4.15. The van der Waals surface area contributed by atoms with E-state index < -0.39 is 5.97 Å². The molecule has 3 aromatic rings. The van der Waals surface area contributed by atoms with E-state index in [9.17, 15) is 9.59 Å². The molecule has 0 aliphatic carbocycles. The average Bonchev–Trinajstić information content (AvgIpc) is 3.40. The van der Waals surface area contributed by atoms with Gasteiger partial charge in [0.15, 0.2) is 6.61 Å². The zero-order chi connectivity index (χ0) is 20.6. The number of furan rings is 1. The van der Waals surface area contributed by atoms with Gasteiger partial charge in [0.25, 0.3) is 5.91 Å². The second kappa shape index (κ2) is 9.59. The molecule has 0 radical (unpaired) electrons. The third kappa shape index (κ3) is 5.71. The van der Waals surface area contributed by atoms with Crippen molar-refractivity contribution in [2.45, 2.75) is 20.0 Å². The molecular weight excluding hydrogens is 374 g/mol. The standard InChI is InChI=1S/C21H23N3O5/c1-3-27-17-7-5-16(6-8-17)13-23(2)20(25)15-28-21(26)19-10-9-18(29-19)14-24-12-4-11-22-24/h4-12H,3,13-15H2,1-2H3. The van der Waals surface area contributed by atoms with Crippen LogP contribution >= 0.6 is 0 Å². The van der Waals surface area contributed by atoms with Gasteiger partial charge in [0.1, 0.15) is 11.5 Å². The molecule has 3 rings (SSSR count). The lowest BCUT2D eigenvalue weighted by Crippen LogP contribution is -2.30. The summed E-state index contributed by atoms with van der Waals surface area (Å²) in [4.78, 5) is 25.9. The van der Waals surface area contributed by atoms with Crippen LogP contribution in [0.2, 0.25) is 0 Å². The van der Waals surface area contributed by atoms with Crippen molar-refractivity contribution in [3.8, 4) is 5.75 Å². The van der Waals surface area contributed by atoms with Crippen molar-refractivity contribution in [1.82, 2.24) is 14.7 Å². The Morgan fingerprint density at radius 3 is 2.66 bits per heavy atom. The fraction of sp³-hybridized carbons (Fsp3) is 0.286. The van der Waals surface area contributed by atoms with Crippen molar-refractivity contribution in [2.75, 3.05) is 20.3 Å². The van der Waals surface area contributed by atoms with Crippen molar-refractivity contribution in [2.24, 2.45) is 0 Å². The first-order valence-electron chi connectivity index (χ1n) is 9.24. The van der Waals surface area contributed by atoms with E-state index in [-0.39, 0.29) is 18.3 Å². The van der Waals surface area contributed by atoms with Crippen LogP contribution in [0.3, 0.4) is 0 Å². The molecule has 0 saturated heterocycles. The molecule has 2 heterocycles. The molecule has 1 amide bonds. The number of rotatable bonds is 9. The number of carbonyl (C=O) groups is 2. The minimum Gasteiger partial charge on any atom is -0.494 e. The summed E-state index contributed by atoms with van der Waals surface area (Å²) in [6.07, 6.45) is 3.45. The summed E-state index contributed by atoms with van der Waals surface area (Å²) in [5.41, 5.74) is 0.949. The van der Waals surface area contributed by atoms with Gasteiger partial charge in [0, 0.05) is 26.0 Å². The number of benzene rings is 1. The van der Waals surface area contributed by atoms with Crippen molar-refractivity contribution in [1.29, 1.82) is 0 Å². The normalized spacial score (nSPS) is 10.6. The molecule has 0 bridgehead atoms. The number of aromatic nitrogens is 2. The summed E-state index contributed by atoms with van der Waals surface area (Å²) in [5, 5.41) is 4.08. The van der Waals surface area contributed by atoms with Crippen LogP contribution in [0.1, 0.15) is 28.8 Å². The average molecular weight is 397 g/mol. The minimum absolute atomic E-state index is 0.0501. The van der Waals surface area contributed by atoms with Gasteiger partial charge in [-0.15, -0.1) is 0 Å². The summed E-state index contributed by atoms with van der Waals surface area (Å²) >= 11 is 0. The highest BCUT2D eigenvalue weighted by molar-refractivity contribution is 5.88. The molecule has 0 N–H and O–H groups in total. The van der Waals surface area contributed by atoms with Gasteiger partial charge < -0.3 is 18.8 Å². The Bertz CT molecular complexity index is 932. The molecule has 0 saturated carbocycles. The van der Waals surface area contributed by atoms with Gasteiger partial charge in [-0.2, -0.15) is 5.10 Å². The second-order valence-electron chi connectivity index (χ2n) is 6.37. The van der Waals surface area contributed by atoms with Crippen LogP contribution in [-0.4, -0.2) is 46.8 Å². The molecule has 0 unspecified atom stereocenters. The van der Waals surface area contributed by atoms with Gasteiger partial charge >= 0.3 is 5.97 Å². The number of esters is 1. The van der Waals surface area contributed by atoms with E-state index in [2.05, 4.69) is 5.10 Å². The van der Waals surface area contributed by atoms with Gasteiger partial charge in [0.2, 0.25) is 5.76 Å². The Balaban J connectivity index is 1.46. The number of carbonyl (C=O) groups excluding carboxylic acids is 2. The van der Waals surface area contributed by atoms with Crippen LogP contribution in [0.5, 0.6) is 5.75 Å². The van der Waals surface area contributed by atoms with E-state index in [1.54, 1.807) is 36.3 Å². The number of hydrogen-bond donors (Lipinski definition) is 0. The molecular formula is C21H23N3O5. The fourth-order valence-corrected chi connectivity index (χ4v) is 2.65. The minimum atomic E-state index is -0.681. The smallest absolute Gasteiger partial charge is 0.374 e. The van der Waals surface area contributed by atoms with Crippen molar-refractivity contribution < 1.29 is 23.5 Å². The number of nitrogens with zero attached hydrogens (tertiary/aromatic N) is 3. The van der Waals surface area contributed by atoms with Crippen LogP contribution in [0.15, 0.2) is 59.3 Å². The lowest BCUT2D eigenvalue weighted by molar-refractivity contribution is -0.133. The van der Waals surface area contributed by atoms with Crippen LogP contribution in [0.25, 0.3) is 0 Å². The Morgan fingerprint density at radius 1 is 1.17 bits per heavy atom. The van der Waals surface area contributed by atoms with Crippen LogP contribution in [-0.2, 0) is 22.6 Å². The first kappa shape index (κ1) is 20.2. The molecule has 8 nitrogen and oxygen atoms in total. The maximum atomic E-state index is 12.3. The van der Waals surface area contributed by atoms with Gasteiger partial charge in [-0.25, -0.2) is 4.79 Å². The molecule has 0 atom stereocenters. The molecule has 0 spiro atoms. The van der Waals surface area contributed by atoms with E-state index in [0.29, 0.717) is 25.5 Å². The molecule has 0 fully saturated rings. The van der Waals surface area contributed by atoms with E-state index in [1.807, 2.05) is 31.2 Å². The molecule has 1 aromatic carbocycles. The number of likely N-dealkylation sites (N-methyl/N-ethyl adjacent to an activating group) is 1. The topological polar surface area (TPSA) is 86.8 Å². The summed E-state index contributed by atoms with van der Waals surface area (Å²) in [6, 6.07) is 12.5. The van der Waals surface area contributed by atoms with Crippen LogP contribution in [0, 0.1) is 0 Å². The Morgan fingerprint density at radius 2 is 1.97 bits per heavy atom. The predicted octanol–water partition coefficient (Wildman–Crippen LogP) is 2.74. The van der Waals surface area contributed by atoms with Crippen LogP contribution < -0.4 is 4.74 Å². The van der Waals surface area contributed by atoms with E-state index in [4.69, 9.17) is 13.9 Å². The Kier molecular flexibility index (Phi) is 6.67.